The molecule has 0 aromatic heterocycles. The zero-order valence-corrected chi connectivity index (χ0v) is 26.3. The van der Waals surface area contributed by atoms with Gasteiger partial charge in [0.05, 0.1) is 11.2 Å². The number of carbonyl (C=O) groups excluding carboxylic acids is 2. The van der Waals surface area contributed by atoms with Crippen molar-refractivity contribution in [3.63, 3.8) is 0 Å². The first kappa shape index (κ1) is 28.7. The van der Waals surface area contributed by atoms with Gasteiger partial charge in [0, 0.05) is 11.3 Å². The molecule has 0 heterocycles. The SMILES string of the molecule is CC1(C)C(O)=CC[C@]2(C)[C@H]3C(=O)C=C4[C@@H]5C[C@@](C)(C(=O)OCc6ccccc6)CC[C@]5(C)CC[C@@]4(C)[C@]3(C)CC[C@@H]12. The van der Waals surface area contributed by atoms with Gasteiger partial charge < -0.3 is 9.84 Å². The summed E-state index contributed by atoms with van der Waals surface area (Å²) in [5.74, 6) is 1.06. The number of allylic oxidation sites excluding steroid dienone is 4. The Bertz CT molecular complexity index is 1320. The zero-order chi connectivity index (χ0) is 29.6. The number of ether oxygens (including phenoxy) is 1. The third-order valence-corrected chi connectivity index (χ3v) is 13.8. The van der Waals surface area contributed by atoms with Gasteiger partial charge in [0.15, 0.2) is 5.78 Å². The van der Waals surface area contributed by atoms with E-state index >= 15 is 0 Å². The molecule has 5 aliphatic carbocycles. The molecule has 1 aromatic rings. The van der Waals surface area contributed by atoms with Crippen LogP contribution in [0.4, 0.5) is 0 Å². The minimum absolute atomic E-state index is 0.0682. The molecule has 4 heteroatoms. The fourth-order valence-electron chi connectivity index (χ4n) is 10.9. The first-order valence-corrected chi connectivity index (χ1v) is 16.0. The second-order valence-electron chi connectivity index (χ2n) is 16.3. The van der Waals surface area contributed by atoms with Crippen molar-refractivity contribution in [3.8, 4) is 0 Å². The average molecular weight is 559 g/mol. The minimum Gasteiger partial charge on any atom is -0.512 e. The first-order chi connectivity index (χ1) is 19.1. The lowest BCUT2D eigenvalue weighted by Gasteiger charge is -2.69. The van der Waals surface area contributed by atoms with E-state index in [1.54, 1.807) is 0 Å². The molecule has 0 spiro atoms. The lowest BCUT2D eigenvalue weighted by Crippen LogP contribution is -2.65. The van der Waals surface area contributed by atoms with Gasteiger partial charge in [0.25, 0.3) is 0 Å². The van der Waals surface area contributed by atoms with E-state index < -0.39 is 5.41 Å². The van der Waals surface area contributed by atoms with E-state index in [1.165, 1.54) is 5.57 Å². The summed E-state index contributed by atoms with van der Waals surface area (Å²) >= 11 is 0. The molecule has 5 aliphatic rings. The van der Waals surface area contributed by atoms with Crippen molar-refractivity contribution < 1.29 is 19.4 Å². The van der Waals surface area contributed by atoms with E-state index in [4.69, 9.17) is 4.74 Å². The molecule has 0 bridgehead atoms. The van der Waals surface area contributed by atoms with Gasteiger partial charge in [-0.15, -0.1) is 0 Å². The lowest BCUT2D eigenvalue weighted by atomic mass is 9.34. The van der Waals surface area contributed by atoms with Crippen LogP contribution < -0.4 is 0 Å². The number of aliphatic hydroxyl groups excluding tert-OH is 1. The van der Waals surface area contributed by atoms with Gasteiger partial charge in [0.1, 0.15) is 6.61 Å². The normalized spacial score (nSPS) is 44.8. The second-order valence-corrected chi connectivity index (χ2v) is 16.3. The minimum atomic E-state index is -0.557. The highest BCUT2D eigenvalue weighted by atomic mass is 16.5. The molecule has 0 unspecified atom stereocenters. The molecule has 3 fully saturated rings. The molecule has 41 heavy (non-hydrogen) atoms. The zero-order valence-electron chi connectivity index (χ0n) is 26.3. The monoisotopic (exact) mass is 558 g/mol. The number of carbonyl (C=O) groups is 2. The van der Waals surface area contributed by atoms with Crippen LogP contribution in [0.25, 0.3) is 0 Å². The number of esters is 1. The van der Waals surface area contributed by atoms with Crippen LogP contribution in [0.5, 0.6) is 0 Å². The predicted octanol–water partition coefficient (Wildman–Crippen LogP) is 8.76. The summed E-state index contributed by atoms with van der Waals surface area (Å²) in [4.78, 5) is 28.1. The fraction of sp³-hybridized carbons (Fsp3) is 0.676. The first-order valence-electron chi connectivity index (χ1n) is 16.0. The molecule has 222 valence electrons. The Balaban J connectivity index is 1.35. The highest BCUT2D eigenvalue weighted by Gasteiger charge is 2.69. The number of hydrogen-bond donors (Lipinski definition) is 1. The van der Waals surface area contributed by atoms with Crippen LogP contribution in [0.3, 0.4) is 0 Å². The summed E-state index contributed by atoms with van der Waals surface area (Å²) in [5, 5.41) is 10.8. The third kappa shape index (κ3) is 3.91. The third-order valence-electron chi connectivity index (χ3n) is 13.8. The van der Waals surface area contributed by atoms with Gasteiger partial charge in [-0.1, -0.05) is 77.4 Å². The van der Waals surface area contributed by atoms with Gasteiger partial charge in [-0.2, -0.15) is 0 Å². The van der Waals surface area contributed by atoms with E-state index in [0.717, 1.165) is 56.9 Å². The molecule has 3 saturated carbocycles. The molecule has 6 rings (SSSR count). The number of hydrogen-bond acceptors (Lipinski definition) is 4. The van der Waals surface area contributed by atoms with E-state index in [-0.39, 0.29) is 56.6 Å². The number of ketones is 1. The number of fused-ring (bicyclic) bond motifs is 7. The lowest BCUT2D eigenvalue weighted by molar-refractivity contribution is -0.178. The van der Waals surface area contributed by atoms with Crippen LogP contribution in [0.1, 0.15) is 105 Å². The van der Waals surface area contributed by atoms with E-state index in [0.29, 0.717) is 12.4 Å². The van der Waals surface area contributed by atoms with E-state index in [9.17, 15) is 14.7 Å². The Morgan fingerprint density at radius 3 is 2.34 bits per heavy atom. The molecule has 1 aromatic carbocycles. The number of rotatable bonds is 3. The number of benzene rings is 1. The Hall–Kier alpha value is -2.36. The second kappa shape index (κ2) is 9.07. The highest BCUT2D eigenvalue weighted by molar-refractivity contribution is 5.95. The van der Waals surface area contributed by atoms with Crippen molar-refractivity contribution >= 4 is 11.8 Å². The fourth-order valence-corrected chi connectivity index (χ4v) is 10.9. The summed E-state index contributed by atoms with van der Waals surface area (Å²) in [5.41, 5.74) is 1.10. The molecule has 4 nitrogen and oxygen atoms in total. The van der Waals surface area contributed by atoms with Crippen molar-refractivity contribution in [3.05, 3.63) is 59.4 Å². The summed E-state index contributed by atoms with van der Waals surface area (Å²) < 4.78 is 5.92. The standard InChI is InChI=1S/C37H50O4/c1-32(2)28-13-16-37(7)30(35(28,5)15-14-29(32)39)27(38)21-25-26-22-34(4,18-17-33(26,3)19-20-36(25,37)6)31(40)41-23-24-11-9-8-10-12-24/h8-12,14,21,26,28,30,39H,13,15-20,22-23H2,1-7H3/t26-,28-,30+,33+,34-,35-,36+,37+/m0/s1. The smallest absolute Gasteiger partial charge is 0.312 e. The Kier molecular flexibility index (Phi) is 6.36. The van der Waals surface area contributed by atoms with Crippen molar-refractivity contribution in [2.75, 3.05) is 0 Å². The summed E-state index contributed by atoms with van der Waals surface area (Å²) in [6.07, 6.45) is 11.6. The van der Waals surface area contributed by atoms with Crippen molar-refractivity contribution in [1.82, 2.24) is 0 Å². The van der Waals surface area contributed by atoms with Gasteiger partial charge >= 0.3 is 5.97 Å². The van der Waals surface area contributed by atoms with Crippen molar-refractivity contribution in [1.29, 1.82) is 0 Å². The number of aliphatic hydroxyl groups is 1. The Morgan fingerprint density at radius 1 is 0.951 bits per heavy atom. The topological polar surface area (TPSA) is 63.6 Å². The maximum absolute atomic E-state index is 14.5. The maximum Gasteiger partial charge on any atom is 0.312 e. The quantitative estimate of drug-likeness (QED) is 0.377. The predicted molar refractivity (Wildman–Crippen MR) is 162 cm³/mol. The van der Waals surface area contributed by atoms with Gasteiger partial charge in [-0.3, -0.25) is 9.59 Å². The van der Waals surface area contributed by atoms with Crippen LogP contribution in [0, 0.1) is 50.2 Å². The molecular weight excluding hydrogens is 508 g/mol. The van der Waals surface area contributed by atoms with E-state index in [2.05, 4.69) is 54.5 Å². The Morgan fingerprint density at radius 2 is 1.63 bits per heavy atom. The van der Waals surface area contributed by atoms with Crippen LogP contribution in [-0.2, 0) is 20.9 Å². The van der Waals surface area contributed by atoms with Crippen LogP contribution in [0.15, 0.2) is 53.8 Å². The maximum atomic E-state index is 14.5. The molecule has 0 saturated heterocycles. The van der Waals surface area contributed by atoms with E-state index in [1.807, 2.05) is 36.4 Å². The van der Waals surface area contributed by atoms with Crippen LogP contribution in [-0.4, -0.2) is 16.9 Å². The highest BCUT2D eigenvalue weighted by Crippen LogP contribution is 2.75. The summed E-state index contributed by atoms with van der Waals surface area (Å²) in [7, 11) is 0. The molecule has 0 aliphatic heterocycles. The summed E-state index contributed by atoms with van der Waals surface area (Å²) in [6.45, 7) is 16.3. The molecule has 0 radical (unpaired) electrons. The largest absolute Gasteiger partial charge is 0.512 e. The van der Waals surface area contributed by atoms with Crippen LogP contribution in [0.2, 0.25) is 0 Å². The summed E-state index contributed by atoms with van der Waals surface area (Å²) in [6, 6.07) is 9.91. The molecule has 0 amide bonds. The molecular formula is C37H50O4. The molecule has 8 atom stereocenters. The van der Waals surface area contributed by atoms with Gasteiger partial charge in [-0.25, -0.2) is 0 Å². The molecule has 1 N–H and O–H groups in total. The van der Waals surface area contributed by atoms with Crippen molar-refractivity contribution in [2.24, 2.45) is 50.2 Å². The van der Waals surface area contributed by atoms with Crippen LogP contribution >= 0.6 is 0 Å². The Labute approximate surface area is 247 Å². The van der Waals surface area contributed by atoms with Crippen molar-refractivity contribution in [2.45, 2.75) is 106 Å². The van der Waals surface area contributed by atoms with Gasteiger partial charge in [0.2, 0.25) is 0 Å². The van der Waals surface area contributed by atoms with Gasteiger partial charge in [-0.05, 0) is 110 Å². The average Bonchev–Trinajstić information content (AvgIpc) is 2.92.